The normalized spacial score (nSPS) is 11.9. The van der Waals surface area contributed by atoms with E-state index in [1.165, 1.54) is 5.06 Å². The van der Waals surface area contributed by atoms with E-state index in [1.807, 2.05) is 20.8 Å². The molecule has 0 N–H and O–H groups in total. The first kappa shape index (κ1) is 11.2. The van der Waals surface area contributed by atoms with Crippen molar-refractivity contribution in [3.8, 4) is 0 Å². The van der Waals surface area contributed by atoms with E-state index >= 15 is 0 Å². The number of hydroxylamine groups is 2. The largest absolute Gasteiger partial charge is 0.364 e. The highest BCUT2D eigenvalue weighted by Gasteiger charge is 2.09. The Kier molecular flexibility index (Phi) is 5.37. The van der Waals surface area contributed by atoms with E-state index < -0.39 is 0 Å². The lowest BCUT2D eigenvalue weighted by Crippen LogP contribution is -2.23. The smallest absolute Gasteiger partial charge is 0.352 e. The van der Waals surface area contributed by atoms with Crippen LogP contribution in [0.2, 0.25) is 0 Å². The van der Waals surface area contributed by atoms with Gasteiger partial charge in [0.15, 0.2) is 0 Å². The first-order chi connectivity index (χ1) is 5.65. The molecule has 0 rings (SSSR count). The van der Waals surface area contributed by atoms with E-state index in [0.29, 0.717) is 13.0 Å². The molecule has 0 aromatic heterocycles. The fourth-order valence-corrected chi connectivity index (χ4v) is 0.731. The molecule has 0 unspecified atom stereocenters. The second-order valence-electron chi connectivity index (χ2n) is 2.49. The molecule has 0 heterocycles. The van der Waals surface area contributed by atoms with Crippen LogP contribution in [0, 0.1) is 0 Å². The van der Waals surface area contributed by atoms with E-state index in [-0.39, 0.29) is 5.97 Å². The van der Waals surface area contributed by atoms with Gasteiger partial charge in [-0.3, -0.25) is 0 Å². The molecule has 0 aromatic carbocycles. The summed E-state index contributed by atoms with van der Waals surface area (Å²) in [4.78, 5) is 16.2. The Balaban J connectivity index is 4.03. The molecule has 0 aliphatic carbocycles. The van der Waals surface area contributed by atoms with Gasteiger partial charge in [0.2, 0.25) is 0 Å². The predicted molar refractivity (Wildman–Crippen MR) is 48.4 cm³/mol. The number of carbonyl (C=O) groups is 1. The fraction of sp³-hybridized carbons (Fsp3) is 0.667. The summed E-state index contributed by atoms with van der Waals surface area (Å²) in [5, 5.41) is 1.52. The Bertz CT molecular complexity index is 175. The van der Waals surface area contributed by atoms with Crippen LogP contribution >= 0.6 is 0 Å². The van der Waals surface area contributed by atoms with E-state index in [2.05, 4.69) is 0 Å². The summed E-state index contributed by atoms with van der Waals surface area (Å²) in [6, 6.07) is 0. The third kappa shape index (κ3) is 3.53. The Morgan fingerprint density at radius 1 is 1.50 bits per heavy atom. The van der Waals surface area contributed by atoms with Crippen LogP contribution in [0.3, 0.4) is 0 Å². The predicted octanol–water partition coefficient (Wildman–Crippen LogP) is 1.75. The molecule has 12 heavy (non-hydrogen) atoms. The van der Waals surface area contributed by atoms with Crippen LogP contribution in [0.5, 0.6) is 0 Å². The number of allylic oxidation sites excluding steroid dienone is 1. The summed E-state index contributed by atoms with van der Waals surface area (Å²) in [7, 11) is 1.74. The number of hydrogen-bond donors (Lipinski definition) is 0. The highest BCUT2D eigenvalue weighted by Crippen LogP contribution is 2.03. The molecular formula is C9H17NO2. The van der Waals surface area contributed by atoms with Gasteiger partial charge in [0.05, 0.1) is 0 Å². The van der Waals surface area contributed by atoms with Crippen molar-refractivity contribution in [2.75, 3.05) is 13.6 Å². The lowest BCUT2D eigenvalue weighted by molar-refractivity contribution is -0.178. The molecule has 0 aromatic rings. The van der Waals surface area contributed by atoms with Crippen LogP contribution in [-0.4, -0.2) is 24.6 Å². The van der Waals surface area contributed by atoms with Gasteiger partial charge >= 0.3 is 5.97 Å². The minimum absolute atomic E-state index is 0.246. The first-order valence-corrected chi connectivity index (χ1v) is 4.24. The third-order valence-corrected chi connectivity index (χ3v) is 1.68. The highest BCUT2D eigenvalue weighted by molar-refractivity contribution is 5.87. The first-order valence-electron chi connectivity index (χ1n) is 4.24. The summed E-state index contributed by atoms with van der Waals surface area (Å²) < 4.78 is 0. The van der Waals surface area contributed by atoms with E-state index in [4.69, 9.17) is 4.84 Å². The van der Waals surface area contributed by atoms with Crippen molar-refractivity contribution in [2.24, 2.45) is 0 Å². The van der Waals surface area contributed by atoms with Gasteiger partial charge in [-0.2, -0.15) is 0 Å². The van der Waals surface area contributed by atoms with Gasteiger partial charge in [-0.05, 0) is 20.3 Å². The standard InChI is InChI=1S/C9H17NO2/c1-5-8(6-2)9(11)12-10(4)7-3/h5H,6-7H2,1-4H3. The zero-order chi connectivity index (χ0) is 9.56. The van der Waals surface area contributed by atoms with Crippen LogP contribution in [-0.2, 0) is 9.63 Å². The molecule has 3 nitrogen and oxygen atoms in total. The van der Waals surface area contributed by atoms with Crippen LogP contribution in [0.25, 0.3) is 0 Å². The molecule has 3 heteroatoms. The van der Waals surface area contributed by atoms with E-state index in [0.717, 1.165) is 5.57 Å². The summed E-state index contributed by atoms with van der Waals surface area (Å²) >= 11 is 0. The van der Waals surface area contributed by atoms with Gasteiger partial charge in [-0.25, -0.2) is 4.79 Å². The van der Waals surface area contributed by atoms with Crippen LogP contribution in [0.15, 0.2) is 11.6 Å². The molecule has 70 valence electrons. The number of hydrogen-bond acceptors (Lipinski definition) is 3. The Labute approximate surface area is 74.0 Å². The van der Waals surface area contributed by atoms with E-state index in [1.54, 1.807) is 13.1 Å². The molecule has 0 amide bonds. The van der Waals surface area contributed by atoms with E-state index in [9.17, 15) is 4.79 Å². The van der Waals surface area contributed by atoms with Gasteiger partial charge in [0, 0.05) is 19.2 Å². The number of nitrogens with zero attached hydrogens (tertiary/aromatic N) is 1. The van der Waals surface area contributed by atoms with Gasteiger partial charge in [0.1, 0.15) is 0 Å². The SMILES string of the molecule is CC=C(CC)C(=O)ON(C)CC. The van der Waals surface area contributed by atoms with Gasteiger partial charge in [0.25, 0.3) is 0 Å². The van der Waals surface area contributed by atoms with Crippen molar-refractivity contribution in [2.45, 2.75) is 27.2 Å². The molecule has 0 atom stereocenters. The molecule has 0 fully saturated rings. The molecule has 0 radical (unpaired) electrons. The Hall–Kier alpha value is -0.830. The topological polar surface area (TPSA) is 29.5 Å². The third-order valence-electron chi connectivity index (χ3n) is 1.68. The lowest BCUT2D eigenvalue weighted by atomic mass is 10.2. The van der Waals surface area contributed by atoms with Crippen LogP contribution in [0.1, 0.15) is 27.2 Å². The van der Waals surface area contributed by atoms with Crippen molar-refractivity contribution in [1.29, 1.82) is 0 Å². The van der Waals surface area contributed by atoms with Crippen molar-refractivity contribution >= 4 is 5.97 Å². The number of rotatable bonds is 4. The molecular weight excluding hydrogens is 154 g/mol. The fourth-order valence-electron chi connectivity index (χ4n) is 0.731. The quantitative estimate of drug-likeness (QED) is 0.476. The minimum Gasteiger partial charge on any atom is -0.364 e. The molecule has 0 saturated heterocycles. The van der Waals surface area contributed by atoms with Gasteiger partial charge < -0.3 is 4.84 Å². The maximum Gasteiger partial charge on any atom is 0.352 e. The maximum absolute atomic E-state index is 11.2. The van der Waals surface area contributed by atoms with Crippen LogP contribution < -0.4 is 0 Å². The van der Waals surface area contributed by atoms with Crippen molar-refractivity contribution in [1.82, 2.24) is 5.06 Å². The maximum atomic E-state index is 11.2. The summed E-state index contributed by atoms with van der Waals surface area (Å²) in [5.74, 6) is -0.246. The summed E-state index contributed by atoms with van der Waals surface area (Å²) in [5.41, 5.74) is 0.718. The van der Waals surface area contributed by atoms with Crippen molar-refractivity contribution < 1.29 is 9.63 Å². The zero-order valence-corrected chi connectivity index (χ0v) is 8.26. The second kappa shape index (κ2) is 5.77. The molecule has 0 saturated carbocycles. The summed E-state index contributed by atoms with van der Waals surface area (Å²) in [6.45, 7) is 6.40. The molecule has 0 spiro atoms. The van der Waals surface area contributed by atoms with Gasteiger partial charge in [-0.15, -0.1) is 5.06 Å². The average molecular weight is 171 g/mol. The molecule has 0 aliphatic heterocycles. The van der Waals surface area contributed by atoms with Crippen molar-refractivity contribution in [3.63, 3.8) is 0 Å². The monoisotopic (exact) mass is 171 g/mol. The number of carbonyl (C=O) groups excluding carboxylic acids is 1. The molecule has 0 aliphatic rings. The molecule has 0 bridgehead atoms. The zero-order valence-electron chi connectivity index (χ0n) is 8.26. The second-order valence-corrected chi connectivity index (χ2v) is 2.49. The average Bonchev–Trinajstić information content (AvgIpc) is 2.06. The summed E-state index contributed by atoms with van der Waals surface area (Å²) in [6.07, 6.45) is 2.50. The Morgan fingerprint density at radius 2 is 2.08 bits per heavy atom. The minimum atomic E-state index is -0.246. The van der Waals surface area contributed by atoms with Gasteiger partial charge in [-0.1, -0.05) is 13.0 Å². The Morgan fingerprint density at radius 3 is 2.42 bits per heavy atom. The lowest BCUT2D eigenvalue weighted by Gasteiger charge is -2.13. The van der Waals surface area contributed by atoms with Crippen molar-refractivity contribution in [3.05, 3.63) is 11.6 Å². The highest BCUT2D eigenvalue weighted by atomic mass is 16.7. The van der Waals surface area contributed by atoms with Crippen LogP contribution in [0.4, 0.5) is 0 Å².